The van der Waals surface area contributed by atoms with Gasteiger partial charge in [-0.05, 0) is 12.1 Å². The number of nitrogens with zero attached hydrogens (tertiary/aromatic N) is 1. The highest BCUT2D eigenvalue weighted by molar-refractivity contribution is 7.80. The van der Waals surface area contributed by atoms with E-state index < -0.39 is 5.91 Å². The molecule has 0 aliphatic carbocycles. The smallest absolute Gasteiger partial charge is 0.269 e. The third-order valence-electron chi connectivity index (χ3n) is 2.06. The molecule has 1 heterocycles. The number of ether oxygens (including phenoxy) is 1. The van der Waals surface area contributed by atoms with E-state index >= 15 is 0 Å². The van der Waals surface area contributed by atoms with Crippen LogP contribution in [0.1, 0.15) is 16.1 Å². The number of rotatable bonds is 7. The van der Waals surface area contributed by atoms with Crippen LogP contribution in [-0.4, -0.2) is 41.5 Å². The molecule has 1 rings (SSSR count). The monoisotopic (exact) mass is 282 g/mol. The summed E-state index contributed by atoms with van der Waals surface area (Å²) < 4.78 is 4.89. The summed E-state index contributed by atoms with van der Waals surface area (Å²) >= 11 is 4.77. The normalized spacial score (nSPS) is 9.89. The van der Waals surface area contributed by atoms with E-state index in [0.717, 1.165) is 0 Å². The zero-order chi connectivity index (χ0) is 14.3. The van der Waals surface area contributed by atoms with Gasteiger partial charge < -0.3 is 21.5 Å². The van der Waals surface area contributed by atoms with Gasteiger partial charge in [-0.2, -0.15) is 0 Å². The molecule has 0 bridgehead atoms. The summed E-state index contributed by atoms with van der Waals surface area (Å²) in [5.74, 6) is -0.904. The topological polar surface area (TPSA) is 120 Å². The molecule has 0 atom stereocenters. The summed E-state index contributed by atoms with van der Waals surface area (Å²) in [4.78, 5) is 26.2. The number of carbonyl (C=O) groups excluding carboxylic acids is 2. The summed E-state index contributed by atoms with van der Waals surface area (Å²) in [5, 5.41) is 2.58. The highest BCUT2D eigenvalue weighted by atomic mass is 32.1. The van der Waals surface area contributed by atoms with Crippen LogP contribution in [0.15, 0.2) is 18.3 Å². The lowest BCUT2D eigenvalue weighted by Gasteiger charge is -2.05. The number of thiocarbonyl (C=S) groups is 1. The van der Waals surface area contributed by atoms with E-state index in [9.17, 15) is 9.59 Å². The number of carbonyl (C=O) groups is 2. The van der Waals surface area contributed by atoms with Crippen molar-refractivity contribution >= 4 is 29.0 Å². The van der Waals surface area contributed by atoms with E-state index in [1.54, 1.807) is 6.07 Å². The fraction of sp³-hybridized carbons (Fsp3) is 0.273. The maximum Gasteiger partial charge on any atom is 0.269 e. The second-order valence-corrected chi connectivity index (χ2v) is 4.01. The highest BCUT2D eigenvalue weighted by Crippen LogP contribution is 2.00. The number of hydrogen-bond acceptors (Lipinski definition) is 5. The summed E-state index contributed by atoms with van der Waals surface area (Å²) in [6.45, 7) is 0.279. The third kappa shape index (κ3) is 5.40. The van der Waals surface area contributed by atoms with E-state index in [1.165, 1.54) is 12.3 Å². The Hall–Kier alpha value is -2.06. The third-order valence-corrected chi connectivity index (χ3v) is 2.29. The van der Waals surface area contributed by atoms with Crippen LogP contribution in [-0.2, 0) is 9.53 Å². The number of primary amides is 1. The maximum absolute atomic E-state index is 11.6. The Bertz CT molecular complexity index is 475. The SMILES string of the molecule is NC(=O)COCCNC(=O)c1ccc(C(N)=S)cn1. The van der Waals surface area contributed by atoms with Crippen LogP contribution >= 0.6 is 12.2 Å². The van der Waals surface area contributed by atoms with Crippen molar-refractivity contribution in [2.75, 3.05) is 19.8 Å². The van der Waals surface area contributed by atoms with Crippen LogP contribution in [0.5, 0.6) is 0 Å². The van der Waals surface area contributed by atoms with Gasteiger partial charge >= 0.3 is 0 Å². The molecule has 7 nitrogen and oxygen atoms in total. The largest absolute Gasteiger partial charge is 0.389 e. The first-order chi connectivity index (χ1) is 9.00. The molecule has 0 aliphatic heterocycles. The van der Waals surface area contributed by atoms with Crippen LogP contribution in [0.2, 0.25) is 0 Å². The molecule has 1 aromatic heterocycles. The number of aromatic nitrogens is 1. The van der Waals surface area contributed by atoms with Gasteiger partial charge in [-0.3, -0.25) is 14.6 Å². The molecule has 0 saturated heterocycles. The van der Waals surface area contributed by atoms with E-state index in [2.05, 4.69) is 10.3 Å². The zero-order valence-electron chi connectivity index (χ0n) is 10.1. The van der Waals surface area contributed by atoms with Crippen LogP contribution < -0.4 is 16.8 Å². The van der Waals surface area contributed by atoms with Crippen LogP contribution in [0, 0.1) is 0 Å². The van der Waals surface area contributed by atoms with Gasteiger partial charge in [0.05, 0.1) is 6.61 Å². The Balaban J connectivity index is 2.37. The van der Waals surface area contributed by atoms with E-state index in [-0.39, 0.29) is 36.3 Å². The van der Waals surface area contributed by atoms with E-state index in [1.807, 2.05) is 0 Å². The lowest BCUT2D eigenvalue weighted by molar-refractivity contribution is -0.122. The molecule has 1 aromatic rings. The van der Waals surface area contributed by atoms with Crippen LogP contribution in [0.4, 0.5) is 0 Å². The van der Waals surface area contributed by atoms with Gasteiger partial charge in [-0.1, -0.05) is 12.2 Å². The second kappa shape index (κ2) is 7.39. The number of pyridine rings is 1. The van der Waals surface area contributed by atoms with Crippen molar-refractivity contribution in [1.82, 2.24) is 10.3 Å². The van der Waals surface area contributed by atoms with Gasteiger partial charge in [0.2, 0.25) is 5.91 Å². The summed E-state index contributed by atoms with van der Waals surface area (Å²) in [5.41, 5.74) is 11.1. The molecular weight excluding hydrogens is 268 g/mol. The Morgan fingerprint density at radius 2 is 2.11 bits per heavy atom. The number of nitrogens with two attached hydrogens (primary N) is 2. The molecule has 0 saturated carbocycles. The Morgan fingerprint density at radius 1 is 1.37 bits per heavy atom. The number of nitrogens with one attached hydrogen (secondary N) is 1. The van der Waals surface area contributed by atoms with Gasteiger partial charge in [0, 0.05) is 18.3 Å². The van der Waals surface area contributed by atoms with Crippen molar-refractivity contribution in [1.29, 1.82) is 0 Å². The van der Waals surface area contributed by atoms with E-state index in [0.29, 0.717) is 5.56 Å². The Morgan fingerprint density at radius 3 is 2.63 bits per heavy atom. The molecule has 0 radical (unpaired) electrons. The first-order valence-corrected chi connectivity index (χ1v) is 5.81. The van der Waals surface area contributed by atoms with Gasteiger partial charge in [0.25, 0.3) is 5.91 Å². The molecular formula is C11H14N4O3S. The van der Waals surface area contributed by atoms with Crippen molar-refractivity contribution in [3.63, 3.8) is 0 Å². The lowest BCUT2D eigenvalue weighted by Crippen LogP contribution is -2.29. The summed E-state index contributed by atoms with van der Waals surface area (Å²) in [6.07, 6.45) is 1.43. The average Bonchev–Trinajstić information content (AvgIpc) is 2.37. The Labute approximate surface area is 115 Å². The van der Waals surface area contributed by atoms with E-state index in [4.69, 9.17) is 28.4 Å². The van der Waals surface area contributed by atoms with Crippen molar-refractivity contribution < 1.29 is 14.3 Å². The molecule has 0 fully saturated rings. The molecule has 8 heteroatoms. The predicted octanol–water partition coefficient (Wildman–Crippen LogP) is -1.05. The van der Waals surface area contributed by atoms with Gasteiger partial charge in [0.1, 0.15) is 17.3 Å². The minimum absolute atomic E-state index is 0.170. The first-order valence-electron chi connectivity index (χ1n) is 5.41. The first kappa shape index (κ1) is 15.0. The Kier molecular flexibility index (Phi) is 5.83. The molecule has 0 unspecified atom stereocenters. The average molecular weight is 282 g/mol. The second-order valence-electron chi connectivity index (χ2n) is 3.57. The predicted molar refractivity (Wildman–Crippen MR) is 72.5 cm³/mol. The van der Waals surface area contributed by atoms with Crippen molar-refractivity contribution in [2.24, 2.45) is 11.5 Å². The zero-order valence-corrected chi connectivity index (χ0v) is 10.9. The number of hydrogen-bond donors (Lipinski definition) is 3. The van der Waals surface area contributed by atoms with Crippen molar-refractivity contribution in [2.45, 2.75) is 0 Å². The molecule has 2 amide bonds. The van der Waals surface area contributed by atoms with Gasteiger partial charge in [-0.15, -0.1) is 0 Å². The van der Waals surface area contributed by atoms with Gasteiger partial charge in [0.15, 0.2) is 0 Å². The van der Waals surface area contributed by atoms with Crippen LogP contribution in [0.25, 0.3) is 0 Å². The lowest BCUT2D eigenvalue weighted by atomic mass is 10.2. The fourth-order valence-corrected chi connectivity index (χ4v) is 1.29. The molecule has 0 aromatic carbocycles. The van der Waals surface area contributed by atoms with Crippen molar-refractivity contribution in [3.8, 4) is 0 Å². The quantitative estimate of drug-likeness (QED) is 0.433. The molecule has 5 N–H and O–H groups in total. The number of amides is 2. The van der Waals surface area contributed by atoms with Gasteiger partial charge in [-0.25, -0.2) is 0 Å². The summed E-state index contributed by atoms with van der Waals surface area (Å²) in [7, 11) is 0. The minimum Gasteiger partial charge on any atom is -0.389 e. The molecule has 0 spiro atoms. The fourth-order valence-electron chi connectivity index (χ4n) is 1.17. The maximum atomic E-state index is 11.6. The standard InChI is InChI=1S/C11H14N4O3S/c12-9(16)6-18-4-3-14-11(17)8-2-1-7(5-15-8)10(13)19/h1-2,5H,3-4,6H2,(H2,12,16)(H2,13,19)(H,14,17). The molecule has 19 heavy (non-hydrogen) atoms. The molecule has 0 aliphatic rings. The molecule has 102 valence electrons. The van der Waals surface area contributed by atoms with Crippen molar-refractivity contribution in [3.05, 3.63) is 29.6 Å². The van der Waals surface area contributed by atoms with Crippen LogP contribution in [0.3, 0.4) is 0 Å². The minimum atomic E-state index is -0.554. The highest BCUT2D eigenvalue weighted by Gasteiger charge is 2.07. The summed E-state index contributed by atoms with van der Waals surface area (Å²) in [6, 6.07) is 3.14.